The van der Waals surface area contributed by atoms with Crippen LogP contribution in [0.3, 0.4) is 0 Å². The number of nitrogens with zero attached hydrogens (tertiary/aromatic N) is 2. The Morgan fingerprint density at radius 2 is 1.74 bits per heavy atom. The summed E-state index contributed by atoms with van der Waals surface area (Å²) in [5, 5.41) is 0. The summed E-state index contributed by atoms with van der Waals surface area (Å²) in [6.45, 7) is 10.2. The van der Waals surface area contributed by atoms with Gasteiger partial charge in [0.2, 0.25) is 5.95 Å². The fraction of sp³-hybridized carbons (Fsp3) is 0.533. The van der Waals surface area contributed by atoms with E-state index in [9.17, 15) is 0 Å². The van der Waals surface area contributed by atoms with Gasteiger partial charge in [0, 0.05) is 13.1 Å². The maximum atomic E-state index is 6.10. The molecule has 1 fully saturated rings. The maximum Gasteiger partial charge on any atom is 0.204 e. The number of rotatable bonds is 1. The van der Waals surface area contributed by atoms with Gasteiger partial charge in [0.15, 0.2) is 0 Å². The van der Waals surface area contributed by atoms with E-state index in [0.717, 1.165) is 30.1 Å². The fourth-order valence-electron chi connectivity index (χ4n) is 3.03. The van der Waals surface area contributed by atoms with Gasteiger partial charge in [-0.2, -0.15) is 0 Å². The number of para-hydroxylation sites is 2. The normalized spacial score (nSPS) is 21.8. The van der Waals surface area contributed by atoms with Crippen LogP contribution in [-0.4, -0.2) is 34.3 Å². The highest BCUT2D eigenvalue weighted by Gasteiger charge is 2.39. The van der Waals surface area contributed by atoms with Crippen LogP contribution in [0.1, 0.15) is 27.7 Å². The van der Waals surface area contributed by atoms with Crippen molar-refractivity contribution in [3.8, 4) is 0 Å². The van der Waals surface area contributed by atoms with Crippen LogP contribution >= 0.6 is 0 Å². The summed E-state index contributed by atoms with van der Waals surface area (Å²) in [7, 11) is 0. The molecule has 1 aliphatic heterocycles. The zero-order valence-electron chi connectivity index (χ0n) is 12.0. The molecule has 0 saturated carbocycles. The third-order valence-corrected chi connectivity index (χ3v) is 3.37. The lowest BCUT2D eigenvalue weighted by molar-refractivity contribution is -0.133. The molecule has 0 spiro atoms. The van der Waals surface area contributed by atoms with Gasteiger partial charge in [-0.15, -0.1) is 0 Å². The number of fused-ring (bicyclic) bond motifs is 1. The fourth-order valence-corrected chi connectivity index (χ4v) is 3.03. The Morgan fingerprint density at radius 1 is 1.11 bits per heavy atom. The molecule has 1 aromatic carbocycles. The zero-order chi connectivity index (χ0) is 13.7. The van der Waals surface area contributed by atoms with Crippen molar-refractivity contribution >= 4 is 17.0 Å². The lowest BCUT2D eigenvalue weighted by Gasteiger charge is -2.47. The number of hydrogen-bond acceptors (Lipinski definition) is 3. The van der Waals surface area contributed by atoms with Gasteiger partial charge in [-0.25, -0.2) is 4.98 Å². The van der Waals surface area contributed by atoms with Gasteiger partial charge in [0.1, 0.15) is 0 Å². The van der Waals surface area contributed by atoms with Crippen LogP contribution < -0.4 is 4.90 Å². The number of hydrogen-bond donors (Lipinski definition) is 1. The van der Waals surface area contributed by atoms with E-state index in [-0.39, 0.29) is 11.2 Å². The van der Waals surface area contributed by atoms with Crippen molar-refractivity contribution in [1.82, 2.24) is 9.97 Å². The summed E-state index contributed by atoms with van der Waals surface area (Å²) in [5.41, 5.74) is 1.76. The molecular formula is C15H21N3O. The topological polar surface area (TPSA) is 41.2 Å². The number of aromatic amines is 1. The predicted molar refractivity (Wildman–Crippen MR) is 77.5 cm³/mol. The summed E-state index contributed by atoms with van der Waals surface area (Å²) in [6.07, 6.45) is 0. The molecule has 4 nitrogen and oxygen atoms in total. The Labute approximate surface area is 113 Å². The molecule has 2 heterocycles. The van der Waals surface area contributed by atoms with Crippen LogP contribution in [0.5, 0.6) is 0 Å². The van der Waals surface area contributed by atoms with Crippen molar-refractivity contribution in [2.24, 2.45) is 0 Å². The third kappa shape index (κ3) is 2.45. The van der Waals surface area contributed by atoms with E-state index in [1.165, 1.54) is 0 Å². The number of anilines is 1. The molecule has 1 aromatic heterocycles. The summed E-state index contributed by atoms with van der Waals surface area (Å²) in [5.74, 6) is 0.936. The molecule has 4 heteroatoms. The second kappa shape index (κ2) is 3.97. The van der Waals surface area contributed by atoms with Crippen LogP contribution in [0.15, 0.2) is 24.3 Å². The van der Waals surface area contributed by atoms with Crippen LogP contribution in [-0.2, 0) is 4.74 Å². The van der Waals surface area contributed by atoms with Gasteiger partial charge in [-0.1, -0.05) is 12.1 Å². The Kier molecular flexibility index (Phi) is 2.61. The van der Waals surface area contributed by atoms with Gasteiger partial charge in [-0.05, 0) is 39.8 Å². The maximum absolute atomic E-state index is 6.10. The summed E-state index contributed by atoms with van der Waals surface area (Å²) >= 11 is 0. The second-order valence-corrected chi connectivity index (χ2v) is 6.56. The van der Waals surface area contributed by atoms with Gasteiger partial charge < -0.3 is 14.6 Å². The summed E-state index contributed by atoms with van der Waals surface area (Å²) in [6, 6.07) is 8.13. The third-order valence-electron chi connectivity index (χ3n) is 3.37. The Hall–Kier alpha value is -1.55. The lowest BCUT2D eigenvalue weighted by Crippen LogP contribution is -2.57. The Bertz CT molecular complexity index is 551. The quantitative estimate of drug-likeness (QED) is 0.856. The predicted octanol–water partition coefficient (Wildman–Crippen LogP) is 2.96. The molecule has 0 amide bonds. The van der Waals surface area contributed by atoms with E-state index in [2.05, 4.69) is 48.6 Å². The number of aromatic nitrogens is 2. The summed E-state index contributed by atoms with van der Waals surface area (Å²) < 4.78 is 6.10. The molecule has 1 N–H and O–H groups in total. The minimum atomic E-state index is -0.166. The molecule has 102 valence electrons. The molecule has 0 atom stereocenters. The monoisotopic (exact) mass is 259 g/mol. The first-order valence-electron chi connectivity index (χ1n) is 6.75. The largest absolute Gasteiger partial charge is 0.366 e. The van der Waals surface area contributed by atoms with Crippen LogP contribution in [0, 0.1) is 0 Å². The minimum Gasteiger partial charge on any atom is -0.366 e. The lowest BCUT2D eigenvalue weighted by atomic mass is 9.99. The van der Waals surface area contributed by atoms with E-state index >= 15 is 0 Å². The first kappa shape index (κ1) is 12.5. The Morgan fingerprint density at radius 3 is 2.37 bits per heavy atom. The highest BCUT2D eigenvalue weighted by Crippen LogP contribution is 2.30. The molecule has 1 aliphatic rings. The number of ether oxygens (including phenoxy) is 1. The molecule has 0 radical (unpaired) electrons. The molecule has 0 aliphatic carbocycles. The standard InChI is InChI=1S/C15H21N3O/c1-14(2)9-18(10-15(3,4)19-14)13-16-11-7-5-6-8-12(11)17-13/h5-8H,9-10H2,1-4H3,(H,16,17). The van der Waals surface area contributed by atoms with E-state index in [1.54, 1.807) is 0 Å². The average Bonchev–Trinajstić information content (AvgIpc) is 2.68. The molecule has 3 rings (SSSR count). The van der Waals surface area contributed by atoms with Gasteiger partial charge in [0.25, 0.3) is 0 Å². The molecule has 0 bridgehead atoms. The molecule has 1 saturated heterocycles. The molecule has 0 unspecified atom stereocenters. The highest BCUT2D eigenvalue weighted by atomic mass is 16.5. The smallest absolute Gasteiger partial charge is 0.204 e. The van der Waals surface area contributed by atoms with Gasteiger partial charge in [-0.3, -0.25) is 0 Å². The minimum absolute atomic E-state index is 0.166. The van der Waals surface area contributed by atoms with Gasteiger partial charge in [0.05, 0.1) is 22.2 Å². The molecule has 19 heavy (non-hydrogen) atoms. The van der Waals surface area contributed by atoms with Crippen molar-refractivity contribution in [2.75, 3.05) is 18.0 Å². The average molecular weight is 259 g/mol. The molecular weight excluding hydrogens is 238 g/mol. The van der Waals surface area contributed by atoms with E-state index in [0.29, 0.717) is 0 Å². The first-order valence-corrected chi connectivity index (χ1v) is 6.75. The van der Waals surface area contributed by atoms with Crippen LogP contribution in [0.4, 0.5) is 5.95 Å². The van der Waals surface area contributed by atoms with Crippen molar-refractivity contribution < 1.29 is 4.74 Å². The highest BCUT2D eigenvalue weighted by molar-refractivity contribution is 5.77. The number of imidazole rings is 1. The Balaban J connectivity index is 1.96. The van der Waals surface area contributed by atoms with Crippen LogP contribution in [0.25, 0.3) is 11.0 Å². The zero-order valence-corrected chi connectivity index (χ0v) is 12.0. The van der Waals surface area contributed by atoms with Crippen molar-refractivity contribution in [2.45, 2.75) is 38.9 Å². The van der Waals surface area contributed by atoms with Crippen LogP contribution in [0.2, 0.25) is 0 Å². The number of nitrogens with one attached hydrogen (secondary N) is 1. The molecule has 2 aromatic rings. The van der Waals surface area contributed by atoms with E-state index in [4.69, 9.17) is 4.74 Å². The number of H-pyrrole nitrogens is 1. The van der Waals surface area contributed by atoms with Crippen molar-refractivity contribution in [3.63, 3.8) is 0 Å². The van der Waals surface area contributed by atoms with Gasteiger partial charge >= 0.3 is 0 Å². The van der Waals surface area contributed by atoms with E-state index < -0.39 is 0 Å². The number of morpholine rings is 1. The second-order valence-electron chi connectivity index (χ2n) is 6.56. The summed E-state index contributed by atoms with van der Waals surface area (Å²) in [4.78, 5) is 10.4. The van der Waals surface area contributed by atoms with Crippen molar-refractivity contribution in [1.29, 1.82) is 0 Å². The SMILES string of the molecule is CC1(C)CN(c2nc3ccccc3[nH]2)CC(C)(C)O1. The number of benzene rings is 1. The van der Waals surface area contributed by atoms with Crippen molar-refractivity contribution in [3.05, 3.63) is 24.3 Å². The first-order chi connectivity index (χ1) is 8.85. The van der Waals surface area contributed by atoms with E-state index in [1.807, 2.05) is 18.2 Å².